The highest BCUT2D eigenvalue weighted by molar-refractivity contribution is 6.29. The Morgan fingerprint density at radius 3 is 2.67 bits per heavy atom. The Labute approximate surface area is 127 Å². The number of carbonyl (C=O) groups is 1. The first-order valence-electron chi connectivity index (χ1n) is 6.60. The van der Waals surface area contributed by atoms with E-state index in [0.717, 1.165) is 16.3 Å². The summed E-state index contributed by atoms with van der Waals surface area (Å²) in [5.41, 5.74) is 1.65. The molecule has 4 heteroatoms. The maximum absolute atomic E-state index is 12.1. The van der Waals surface area contributed by atoms with Gasteiger partial charge >= 0.3 is 0 Å². The molecule has 3 nitrogen and oxygen atoms in total. The second-order valence-corrected chi connectivity index (χ2v) is 5.12. The third kappa shape index (κ3) is 3.20. The van der Waals surface area contributed by atoms with Crippen molar-refractivity contribution in [1.82, 2.24) is 4.98 Å². The Morgan fingerprint density at radius 2 is 1.86 bits per heavy atom. The Morgan fingerprint density at radius 1 is 1.05 bits per heavy atom. The van der Waals surface area contributed by atoms with E-state index >= 15 is 0 Å². The number of fused-ring (bicyclic) bond motifs is 1. The van der Waals surface area contributed by atoms with Crippen molar-refractivity contribution in [3.05, 3.63) is 71.5 Å². The smallest absolute Gasteiger partial charge is 0.228 e. The zero-order valence-electron chi connectivity index (χ0n) is 11.2. The van der Waals surface area contributed by atoms with Gasteiger partial charge in [0, 0.05) is 0 Å². The zero-order valence-corrected chi connectivity index (χ0v) is 12.0. The molecular weight excluding hydrogens is 284 g/mol. The second kappa shape index (κ2) is 5.94. The summed E-state index contributed by atoms with van der Waals surface area (Å²) in [4.78, 5) is 16.1. The van der Waals surface area contributed by atoms with Crippen LogP contribution in [0.1, 0.15) is 5.56 Å². The number of hydrogen-bond acceptors (Lipinski definition) is 2. The van der Waals surface area contributed by atoms with E-state index < -0.39 is 0 Å². The van der Waals surface area contributed by atoms with Gasteiger partial charge in [0.05, 0.1) is 18.3 Å². The molecule has 0 aliphatic carbocycles. The fourth-order valence-electron chi connectivity index (χ4n) is 2.27. The van der Waals surface area contributed by atoms with Crippen molar-refractivity contribution in [1.29, 1.82) is 0 Å². The molecule has 1 heterocycles. The number of amides is 1. The number of halogens is 1. The van der Waals surface area contributed by atoms with E-state index in [0.29, 0.717) is 17.3 Å². The molecule has 0 atom stereocenters. The summed E-state index contributed by atoms with van der Waals surface area (Å²) < 4.78 is 0. The van der Waals surface area contributed by atoms with Crippen molar-refractivity contribution in [2.75, 3.05) is 5.32 Å². The summed E-state index contributed by atoms with van der Waals surface area (Å²) in [6.45, 7) is 0. The zero-order chi connectivity index (χ0) is 14.7. The van der Waals surface area contributed by atoms with Crippen LogP contribution in [-0.4, -0.2) is 10.9 Å². The summed E-state index contributed by atoms with van der Waals surface area (Å²) in [6, 6.07) is 17.4. The van der Waals surface area contributed by atoms with Gasteiger partial charge in [0.1, 0.15) is 5.15 Å². The molecule has 0 bridgehead atoms. The van der Waals surface area contributed by atoms with E-state index in [1.165, 1.54) is 0 Å². The van der Waals surface area contributed by atoms with Gasteiger partial charge in [-0.15, -0.1) is 0 Å². The summed E-state index contributed by atoms with van der Waals surface area (Å²) in [6.07, 6.45) is 1.87. The molecule has 3 rings (SSSR count). The first-order valence-corrected chi connectivity index (χ1v) is 6.98. The Hall–Kier alpha value is -2.39. The predicted molar refractivity (Wildman–Crippen MR) is 85.5 cm³/mol. The van der Waals surface area contributed by atoms with Gasteiger partial charge in [-0.2, -0.15) is 0 Å². The van der Waals surface area contributed by atoms with Crippen LogP contribution in [0.5, 0.6) is 0 Å². The van der Waals surface area contributed by atoms with Crippen LogP contribution in [0.3, 0.4) is 0 Å². The Bertz CT molecular complexity index is 779. The fraction of sp³-hybridized carbons (Fsp3) is 0.0588. The van der Waals surface area contributed by atoms with E-state index in [1.54, 1.807) is 18.3 Å². The van der Waals surface area contributed by atoms with Gasteiger partial charge in [0.25, 0.3) is 0 Å². The van der Waals surface area contributed by atoms with Crippen molar-refractivity contribution in [2.45, 2.75) is 6.42 Å². The minimum atomic E-state index is -0.0736. The molecule has 1 aromatic heterocycles. The summed E-state index contributed by atoms with van der Waals surface area (Å²) >= 11 is 5.72. The summed E-state index contributed by atoms with van der Waals surface area (Å²) in [7, 11) is 0. The van der Waals surface area contributed by atoms with E-state index in [1.807, 2.05) is 42.5 Å². The average Bonchev–Trinajstić information content (AvgIpc) is 2.50. The van der Waals surface area contributed by atoms with Crippen molar-refractivity contribution in [2.24, 2.45) is 0 Å². The number of rotatable bonds is 3. The van der Waals surface area contributed by atoms with E-state index in [4.69, 9.17) is 11.6 Å². The van der Waals surface area contributed by atoms with Crippen LogP contribution in [0.25, 0.3) is 10.8 Å². The number of nitrogens with one attached hydrogen (secondary N) is 1. The number of hydrogen-bond donors (Lipinski definition) is 1. The molecule has 3 aromatic rings. The predicted octanol–water partition coefficient (Wildman–Crippen LogP) is 4.07. The monoisotopic (exact) mass is 296 g/mol. The van der Waals surface area contributed by atoms with Crippen LogP contribution in [0, 0.1) is 0 Å². The lowest BCUT2D eigenvalue weighted by Crippen LogP contribution is -2.14. The van der Waals surface area contributed by atoms with Crippen LogP contribution < -0.4 is 5.32 Å². The summed E-state index contributed by atoms with van der Waals surface area (Å²) in [5, 5.41) is 5.46. The van der Waals surface area contributed by atoms with Gasteiger partial charge in [-0.1, -0.05) is 54.1 Å². The number of pyridine rings is 1. The van der Waals surface area contributed by atoms with Crippen molar-refractivity contribution >= 4 is 34.0 Å². The van der Waals surface area contributed by atoms with Gasteiger partial charge in [0.2, 0.25) is 5.91 Å². The third-order valence-corrected chi connectivity index (χ3v) is 3.47. The minimum absolute atomic E-state index is 0.0736. The highest BCUT2D eigenvalue weighted by Crippen LogP contribution is 2.19. The number of anilines is 1. The topological polar surface area (TPSA) is 42.0 Å². The van der Waals surface area contributed by atoms with Crippen molar-refractivity contribution in [3.8, 4) is 0 Å². The molecule has 0 aliphatic rings. The number of carbonyl (C=O) groups excluding carboxylic acids is 1. The van der Waals surface area contributed by atoms with Crippen LogP contribution >= 0.6 is 11.6 Å². The molecule has 1 N–H and O–H groups in total. The first kappa shape index (κ1) is 13.6. The number of benzene rings is 2. The van der Waals surface area contributed by atoms with Crippen molar-refractivity contribution in [3.63, 3.8) is 0 Å². The number of nitrogens with zero attached hydrogens (tertiary/aromatic N) is 1. The molecule has 0 radical (unpaired) electrons. The van der Waals surface area contributed by atoms with Crippen LogP contribution in [0.4, 0.5) is 5.69 Å². The van der Waals surface area contributed by atoms with Gasteiger partial charge in [-0.3, -0.25) is 4.79 Å². The quantitative estimate of drug-likeness (QED) is 0.740. The van der Waals surface area contributed by atoms with E-state index in [-0.39, 0.29) is 5.91 Å². The maximum atomic E-state index is 12.1. The van der Waals surface area contributed by atoms with E-state index in [9.17, 15) is 4.79 Å². The minimum Gasteiger partial charge on any atom is -0.324 e. The molecule has 0 spiro atoms. The molecule has 104 valence electrons. The van der Waals surface area contributed by atoms with Crippen LogP contribution in [0.2, 0.25) is 5.15 Å². The van der Waals surface area contributed by atoms with Crippen LogP contribution in [-0.2, 0) is 11.2 Å². The lowest BCUT2D eigenvalue weighted by atomic mass is 10.0. The number of aromatic nitrogens is 1. The normalized spacial score (nSPS) is 10.5. The summed E-state index contributed by atoms with van der Waals surface area (Å²) in [5.74, 6) is -0.0736. The molecule has 0 aliphatic heterocycles. The standard InChI is InChI=1S/C17H13ClN2O/c18-16-9-8-14(11-19-16)20-17(21)10-13-6-3-5-12-4-1-2-7-15(12)13/h1-9,11H,10H2,(H,20,21). The van der Waals surface area contributed by atoms with Gasteiger partial charge < -0.3 is 5.32 Å². The molecule has 1 amide bonds. The fourth-order valence-corrected chi connectivity index (χ4v) is 2.39. The molecule has 21 heavy (non-hydrogen) atoms. The van der Waals surface area contributed by atoms with Crippen LogP contribution in [0.15, 0.2) is 60.8 Å². The van der Waals surface area contributed by atoms with E-state index in [2.05, 4.69) is 10.3 Å². The van der Waals surface area contributed by atoms with Gasteiger partial charge in [-0.25, -0.2) is 4.98 Å². The highest BCUT2D eigenvalue weighted by Gasteiger charge is 2.07. The lowest BCUT2D eigenvalue weighted by molar-refractivity contribution is -0.115. The SMILES string of the molecule is O=C(Cc1cccc2ccccc12)Nc1ccc(Cl)nc1. The molecule has 0 fully saturated rings. The molecule has 0 saturated heterocycles. The lowest BCUT2D eigenvalue weighted by Gasteiger charge is -2.07. The van der Waals surface area contributed by atoms with Gasteiger partial charge in [-0.05, 0) is 28.5 Å². The molecule has 0 unspecified atom stereocenters. The largest absolute Gasteiger partial charge is 0.324 e. The Balaban J connectivity index is 1.79. The average molecular weight is 297 g/mol. The first-order chi connectivity index (χ1) is 10.2. The second-order valence-electron chi connectivity index (χ2n) is 4.73. The maximum Gasteiger partial charge on any atom is 0.228 e. The molecule has 0 saturated carbocycles. The molecular formula is C17H13ClN2O. The van der Waals surface area contributed by atoms with Gasteiger partial charge in [0.15, 0.2) is 0 Å². The highest BCUT2D eigenvalue weighted by atomic mass is 35.5. The van der Waals surface area contributed by atoms with Crippen molar-refractivity contribution < 1.29 is 4.79 Å². The Kier molecular flexibility index (Phi) is 3.84. The third-order valence-electron chi connectivity index (χ3n) is 3.24. The molecule has 2 aromatic carbocycles.